The molecule has 2 heterocycles. The third kappa shape index (κ3) is 1.67. The molecule has 0 radical (unpaired) electrons. The van der Waals surface area contributed by atoms with E-state index in [2.05, 4.69) is 22.0 Å². The predicted molar refractivity (Wildman–Crippen MR) is 55.8 cm³/mol. The number of likely N-dealkylation sites (tertiary alicyclic amines) is 1. The Balaban J connectivity index is 2.13. The smallest absolute Gasteiger partial charge is 0.0668 e. The molecule has 1 aromatic rings. The van der Waals surface area contributed by atoms with E-state index in [1.165, 1.54) is 6.42 Å². The maximum absolute atomic E-state index is 6.10. The summed E-state index contributed by atoms with van der Waals surface area (Å²) in [5, 5.41) is 7.01. The van der Waals surface area contributed by atoms with Crippen molar-refractivity contribution < 1.29 is 0 Å². The lowest BCUT2D eigenvalue weighted by Gasteiger charge is -2.24. The van der Waals surface area contributed by atoms with Gasteiger partial charge < -0.3 is 5.73 Å². The van der Waals surface area contributed by atoms with Crippen molar-refractivity contribution in [2.24, 2.45) is 5.73 Å². The summed E-state index contributed by atoms with van der Waals surface area (Å²) in [6.07, 6.45) is 4.06. The lowest BCUT2D eigenvalue weighted by Crippen LogP contribution is -2.32. The zero-order valence-corrected chi connectivity index (χ0v) is 8.61. The summed E-state index contributed by atoms with van der Waals surface area (Å²) in [6.45, 7) is 4.43. The van der Waals surface area contributed by atoms with Crippen molar-refractivity contribution >= 4 is 0 Å². The van der Waals surface area contributed by atoms with Gasteiger partial charge in [0.25, 0.3) is 0 Å². The van der Waals surface area contributed by atoms with E-state index in [0.717, 1.165) is 25.2 Å². The average molecular weight is 194 g/mol. The van der Waals surface area contributed by atoms with Gasteiger partial charge in [0, 0.05) is 18.8 Å². The summed E-state index contributed by atoms with van der Waals surface area (Å²) in [4.78, 5) is 2.44. The molecule has 78 valence electrons. The van der Waals surface area contributed by atoms with Crippen LogP contribution >= 0.6 is 0 Å². The minimum absolute atomic E-state index is 0.252. The first kappa shape index (κ1) is 9.68. The summed E-state index contributed by atoms with van der Waals surface area (Å²) < 4.78 is 0. The molecule has 4 nitrogen and oxygen atoms in total. The molecule has 2 atom stereocenters. The fourth-order valence-corrected chi connectivity index (χ4v) is 2.28. The molecule has 0 aliphatic carbocycles. The van der Waals surface area contributed by atoms with Gasteiger partial charge >= 0.3 is 0 Å². The third-order valence-corrected chi connectivity index (χ3v) is 2.90. The van der Waals surface area contributed by atoms with Crippen LogP contribution < -0.4 is 5.73 Å². The Morgan fingerprint density at radius 2 is 2.57 bits per heavy atom. The van der Waals surface area contributed by atoms with Crippen LogP contribution in [-0.4, -0.2) is 34.2 Å². The number of rotatable bonds is 3. The standard InChI is InChI=1S/C10H18N4/c1-2-6-14-7-4-8(11)10(14)9-3-5-12-13-9/h3,5,8,10H,2,4,6-7,11H2,1H3,(H,12,13)/t8-,10-/m1/s1. The molecule has 4 heteroatoms. The van der Waals surface area contributed by atoms with Crippen LogP contribution in [0.1, 0.15) is 31.5 Å². The summed E-state index contributed by atoms with van der Waals surface area (Å²) in [5.74, 6) is 0. The fourth-order valence-electron chi connectivity index (χ4n) is 2.28. The molecule has 1 aliphatic rings. The molecule has 0 aromatic carbocycles. The largest absolute Gasteiger partial charge is 0.326 e. The Bertz CT molecular complexity index is 268. The van der Waals surface area contributed by atoms with Crippen LogP contribution in [0.25, 0.3) is 0 Å². The lowest BCUT2D eigenvalue weighted by molar-refractivity contribution is 0.244. The van der Waals surface area contributed by atoms with Crippen LogP contribution in [0.15, 0.2) is 12.3 Å². The second-order valence-electron chi connectivity index (χ2n) is 3.95. The van der Waals surface area contributed by atoms with E-state index >= 15 is 0 Å². The van der Waals surface area contributed by atoms with Crippen molar-refractivity contribution in [3.63, 3.8) is 0 Å². The van der Waals surface area contributed by atoms with Gasteiger partial charge in [0.1, 0.15) is 0 Å². The Morgan fingerprint density at radius 1 is 1.71 bits per heavy atom. The summed E-state index contributed by atoms with van der Waals surface area (Å²) >= 11 is 0. The quantitative estimate of drug-likeness (QED) is 0.751. The average Bonchev–Trinajstić information content (AvgIpc) is 2.76. The molecule has 1 aliphatic heterocycles. The Morgan fingerprint density at radius 3 is 3.21 bits per heavy atom. The van der Waals surface area contributed by atoms with Gasteiger partial charge in [0.2, 0.25) is 0 Å². The Kier molecular flexibility index (Phi) is 2.84. The van der Waals surface area contributed by atoms with E-state index in [9.17, 15) is 0 Å². The number of hydrogen-bond acceptors (Lipinski definition) is 3. The monoisotopic (exact) mass is 194 g/mol. The Labute approximate surface area is 84.5 Å². The van der Waals surface area contributed by atoms with E-state index in [1.807, 2.05) is 6.07 Å². The van der Waals surface area contributed by atoms with Crippen molar-refractivity contribution in [1.29, 1.82) is 0 Å². The molecule has 3 N–H and O–H groups in total. The lowest BCUT2D eigenvalue weighted by atomic mass is 10.1. The number of aromatic amines is 1. The molecular weight excluding hydrogens is 176 g/mol. The van der Waals surface area contributed by atoms with Gasteiger partial charge in [-0.3, -0.25) is 10.00 Å². The fraction of sp³-hybridized carbons (Fsp3) is 0.700. The zero-order chi connectivity index (χ0) is 9.97. The highest BCUT2D eigenvalue weighted by Gasteiger charge is 2.32. The van der Waals surface area contributed by atoms with E-state index < -0.39 is 0 Å². The van der Waals surface area contributed by atoms with Crippen molar-refractivity contribution in [2.45, 2.75) is 31.8 Å². The van der Waals surface area contributed by atoms with Crippen molar-refractivity contribution in [3.05, 3.63) is 18.0 Å². The maximum atomic E-state index is 6.10. The molecule has 2 rings (SSSR count). The van der Waals surface area contributed by atoms with E-state index in [-0.39, 0.29) is 6.04 Å². The first-order valence-electron chi connectivity index (χ1n) is 5.32. The molecule has 0 spiro atoms. The predicted octanol–water partition coefficient (Wildman–Crippen LogP) is 0.894. The Hall–Kier alpha value is -0.870. The summed E-state index contributed by atoms with van der Waals surface area (Å²) in [5.41, 5.74) is 7.26. The van der Waals surface area contributed by atoms with Crippen LogP contribution in [0.5, 0.6) is 0 Å². The van der Waals surface area contributed by atoms with E-state index in [4.69, 9.17) is 5.73 Å². The van der Waals surface area contributed by atoms with Gasteiger partial charge in [-0.15, -0.1) is 0 Å². The molecule has 14 heavy (non-hydrogen) atoms. The first-order chi connectivity index (χ1) is 6.83. The molecule has 0 bridgehead atoms. The SMILES string of the molecule is CCCN1CC[C@@H](N)[C@@H]1c1ccn[nH]1. The minimum Gasteiger partial charge on any atom is -0.326 e. The number of nitrogens with one attached hydrogen (secondary N) is 1. The second kappa shape index (κ2) is 4.11. The minimum atomic E-state index is 0.252. The number of aromatic nitrogens is 2. The highest BCUT2D eigenvalue weighted by atomic mass is 15.2. The van der Waals surface area contributed by atoms with Gasteiger partial charge in [-0.2, -0.15) is 5.10 Å². The van der Waals surface area contributed by atoms with Gasteiger partial charge in [0.15, 0.2) is 0 Å². The van der Waals surface area contributed by atoms with E-state index in [0.29, 0.717) is 6.04 Å². The molecule has 1 aromatic heterocycles. The molecule has 0 amide bonds. The van der Waals surface area contributed by atoms with E-state index in [1.54, 1.807) is 6.20 Å². The summed E-state index contributed by atoms with van der Waals surface area (Å²) in [6, 6.07) is 2.62. The van der Waals surface area contributed by atoms with Crippen LogP contribution in [0.4, 0.5) is 0 Å². The molecule has 0 saturated carbocycles. The first-order valence-corrected chi connectivity index (χ1v) is 5.32. The molecule has 0 unspecified atom stereocenters. The summed E-state index contributed by atoms with van der Waals surface area (Å²) in [7, 11) is 0. The topological polar surface area (TPSA) is 57.9 Å². The van der Waals surface area contributed by atoms with Gasteiger partial charge in [-0.05, 0) is 25.5 Å². The van der Waals surface area contributed by atoms with Crippen LogP contribution in [-0.2, 0) is 0 Å². The number of hydrogen-bond donors (Lipinski definition) is 2. The van der Waals surface area contributed by atoms with Gasteiger partial charge in [-0.25, -0.2) is 0 Å². The number of H-pyrrole nitrogens is 1. The normalized spacial score (nSPS) is 28.4. The van der Waals surface area contributed by atoms with Gasteiger partial charge in [-0.1, -0.05) is 6.92 Å². The van der Waals surface area contributed by atoms with Crippen molar-refractivity contribution in [3.8, 4) is 0 Å². The molecular formula is C10H18N4. The molecule has 1 fully saturated rings. The molecule has 1 saturated heterocycles. The number of nitrogens with zero attached hydrogens (tertiary/aromatic N) is 2. The van der Waals surface area contributed by atoms with Gasteiger partial charge in [0.05, 0.1) is 11.7 Å². The van der Waals surface area contributed by atoms with Crippen LogP contribution in [0.2, 0.25) is 0 Å². The zero-order valence-electron chi connectivity index (χ0n) is 8.61. The highest BCUT2D eigenvalue weighted by molar-refractivity contribution is 5.10. The highest BCUT2D eigenvalue weighted by Crippen LogP contribution is 2.29. The van der Waals surface area contributed by atoms with Crippen LogP contribution in [0.3, 0.4) is 0 Å². The van der Waals surface area contributed by atoms with Crippen molar-refractivity contribution in [1.82, 2.24) is 15.1 Å². The maximum Gasteiger partial charge on any atom is 0.0668 e. The number of nitrogens with two attached hydrogens (primary N) is 1. The van der Waals surface area contributed by atoms with Crippen molar-refractivity contribution in [2.75, 3.05) is 13.1 Å². The second-order valence-corrected chi connectivity index (χ2v) is 3.95. The third-order valence-electron chi connectivity index (χ3n) is 2.90. The van der Waals surface area contributed by atoms with Crippen LogP contribution in [0, 0.1) is 0 Å².